The van der Waals surface area contributed by atoms with Gasteiger partial charge >= 0.3 is 18.0 Å². The molecule has 0 aliphatic rings. The van der Waals surface area contributed by atoms with Gasteiger partial charge in [0, 0.05) is 19.4 Å². The zero-order valence-electron chi connectivity index (χ0n) is 35.1. The molecule has 3 amide bonds. The number of ketones is 1. The van der Waals surface area contributed by atoms with Gasteiger partial charge in [-0.05, 0) is 85.8 Å². The molecule has 0 radical (unpaired) electrons. The zero-order chi connectivity index (χ0) is 41.5. The van der Waals surface area contributed by atoms with E-state index in [-0.39, 0.29) is 31.0 Å². The van der Waals surface area contributed by atoms with E-state index in [1.54, 1.807) is 48.5 Å². The van der Waals surface area contributed by atoms with Gasteiger partial charge in [-0.25, -0.2) is 9.59 Å². The maximum Gasteiger partial charge on any atom is 0.329 e. The molecule has 12 heteroatoms. The van der Waals surface area contributed by atoms with Crippen LogP contribution in [-0.4, -0.2) is 72.1 Å². The molecule has 12 nitrogen and oxygen atoms in total. The second kappa shape index (κ2) is 31.7. The molecule has 7 N–H and O–H groups in total. The van der Waals surface area contributed by atoms with Gasteiger partial charge in [-0.15, -0.1) is 0 Å². The van der Waals surface area contributed by atoms with Crippen LogP contribution in [0.2, 0.25) is 0 Å². The third-order valence-corrected chi connectivity index (χ3v) is 6.65. The van der Waals surface area contributed by atoms with Gasteiger partial charge in [-0.1, -0.05) is 96.9 Å². The quantitative estimate of drug-likeness (QED) is 0.0778. The number of esters is 2. The summed E-state index contributed by atoms with van der Waals surface area (Å²) >= 11 is 0. The molecule has 0 fully saturated rings. The summed E-state index contributed by atoms with van der Waals surface area (Å²) in [6.45, 7) is 23.4. The van der Waals surface area contributed by atoms with Gasteiger partial charge in [0.1, 0.15) is 17.2 Å². The molecular formula is C41H75N5O7. The van der Waals surface area contributed by atoms with Gasteiger partial charge in [0.15, 0.2) is 5.78 Å². The first-order valence-corrected chi connectivity index (χ1v) is 19.3. The number of hydrogen-bond acceptors (Lipinski definition) is 9. The SMILES string of the molecule is CC.CCC(=O)[C@H](CCCCNC(=O)[C@@H](N)C/C=C/c1ccccc1)NC(=O)N[C@@H](CCC(=O)OC(C)(C)C)C(=O)OC(C)(C)C.CCCC.CCN. The Hall–Kier alpha value is -3.77. The summed E-state index contributed by atoms with van der Waals surface area (Å²) in [5, 5.41) is 8.03. The van der Waals surface area contributed by atoms with Crippen LogP contribution in [0.5, 0.6) is 0 Å². The number of carbonyl (C=O) groups excluding carboxylic acids is 5. The Bertz CT molecular complexity index is 1160. The van der Waals surface area contributed by atoms with Crippen LogP contribution in [0.15, 0.2) is 36.4 Å². The molecule has 0 saturated heterocycles. The fourth-order valence-electron chi connectivity index (χ4n) is 4.03. The average Bonchev–Trinajstić information content (AvgIpc) is 3.09. The third kappa shape index (κ3) is 32.6. The third-order valence-electron chi connectivity index (χ3n) is 6.65. The number of nitrogens with two attached hydrogens (primary N) is 2. The molecule has 1 rings (SSSR count). The smallest absolute Gasteiger partial charge is 0.329 e. The summed E-state index contributed by atoms with van der Waals surface area (Å²) in [4.78, 5) is 62.8. The van der Waals surface area contributed by atoms with E-state index in [1.807, 2.05) is 63.3 Å². The number of benzene rings is 1. The predicted octanol–water partition coefficient (Wildman–Crippen LogP) is 6.98. The van der Waals surface area contributed by atoms with Crippen molar-refractivity contribution in [3.05, 3.63) is 42.0 Å². The van der Waals surface area contributed by atoms with Gasteiger partial charge in [0.25, 0.3) is 0 Å². The number of ether oxygens (including phenoxy) is 2. The van der Waals surface area contributed by atoms with Gasteiger partial charge < -0.3 is 36.9 Å². The van der Waals surface area contributed by atoms with Crippen LogP contribution in [0.3, 0.4) is 0 Å². The molecule has 0 heterocycles. The standard InChI is InChI=1S/C33H52N4O7.C4H10.C2H7N.C2H6/c1-8-27(38)25(19-12-13-22-35-29(40)24(34)18-14-17-23-15-10-9-11-16-23)36-31(42)37-26(30(41)44-33(5,6)7)20-21-28(39)43-32(2,3)4;1-3-4-2;1-2-3;1-2/h9-11,14-17,24-26H,8,12-13,18-22,34H2,1-7H3,(H,35,40)(H2,36,37,42);3-4H2,1-2H3;2-3H2,1H3;1-2H3/b17-14+;;;/t24-,25-,26-;;;/m0.../s1. The minimum atomic E-state index is -1.12. The highest BCUT2D eigenvalue weighted by molar-refractivity contribution is 5.90. The summed E-state index contributed by atoms with van der Waals surface area (Å²) in [6, 6.07) is 6.41. The molecule has 3 atom stereocenters. The summed E-state index contributed by atoms with van der Waals surface area (Å²) in [5.41, 5.74) is 10.4. The number of hydrogen-bond donors (Lipinski definition) is 5. The molecule has 53 heavy (non-hydrogen) atoms. The van der Waals surface area contributed by atoms with Crippen molar-refractivity contribution < 1.29 is 33.4 Å². The van der Waals surface area contributed by atoms with Crippen LogP contribution in [0.4, 0.5) is 4.79 Å². The average molecular weight is 750 g/mol. The van der Waals surface area contributed by atoms with Gasteiger partial charge in [0.2, 0.25) is 5.91 Å². The van der Waals surface area contributed by atoms with E-state index in [4.69, 9.17) is 20.9 Å². The van der Waals surface area contributed by atoms with E-state index in [2.05, 4.69) is 29.8 Å². The first-order valence-electron chi connectivity index (χ1n) is 19.3. The van der Waals surface area contributed by atoms with E-state index in [9.17, 15) is 24.0 Å². The number of Topliss-reactive ketones (excluding diaryl/α,β-unsaturated/α-hetero) is 1. The minimum absolute atomic E-state index is 0.0342. The molecule has 0 aliphatic heterocycles. The normalized spacial score (nSPS) is 12.5. The fraction of sp³-hybridized carbons (Fsp3) is 0.683. The first-order chi connectivity index (χ1) is 24.8. The van der Waals surface area contributed by atoms with Crippen LogP contribution < -0.4 is 27.4 Å². The second-order valence-corrected chi connectivity index (χ2v) is 14.1. The lowest BCUT2D eigenvalue weighted by atomic mass is 10.0. The van der Waals surface area contributed by atoms with Crippen LogP contribution in [-0.2, 0) is 28.7 Å². The van der Waals surface area contributed by atoms with Crippen molar-refractivity contribution in [2.45, 2.75) is 170 Å². The number of unbranched alkanes of at least 4 members (excludes halogenated alkanes) is 2. The summed E-state index contributed by atoms with van der Waals surface area (Å²) < 4.78 is 10.7. The molecule has 0 bridgehead atoms. The van der Waals surface area contributed by atoms with E-state index < -0.39 is 47.3 Å². The zero-order valence-corrected chi connectivity index (χ0v) is 35.1. The lowest BCUT2D eigenvalue weighted by Crippen LogP contribution is -2.52. The van der Waals surface area contributed by atoms with Crippen LogP contribution in [0.1, 0.15) is 146 Å². The lowest BCUT2D eigenvalue weighted by molar-refractivity contribution is -0.158. The van der Waals surface area contributed by atoms with E-state index >= 15 is 0 Å². The minimum Gasteiger partial charge on any atom is -0.460 e. The predicted molar refractivity (Wildman–Crippen MR) is 217 cm³/mol. The van der Waals surface area contributed by atoms with E-state index in [0.29, 0.717) is 32.2 Å². The van der Waals surface area contributed by atoms with Gasteiger partial charge in [-0.2, -0.15) is 0 Å². The maximum atomic E-state index is 12.9. The maximum absolute atomic E-state index is 12.9. The molecule has 0 spiro atoms. The Balaban J connectivity index is -0.00000250. The summed E-state index contributed by atoms with van der Waals surface area (Å²) in [7, 11) is 0. The molecule has 0 aliphatic carbocycles. The van der Waals surface area contributed by atoms with Crippen molar-refractivity contribution in [2.75, 3.05) is 13.1 Å². The van der Waals surface area contributed by atoms with Crippen molar-refractivity contribution in [2.24, 2.45) is 11.5 Å². The van der Waals surface area contributed by atoms with Crippen LogP contribution >= 0.6 is 0 Å². The number of amides is 3. The Morgan fingerprint density at radius 2 is 1.32 bits per heavy atom. The molecule has 0 aromatic heterocycles. The number of rotatable bonds is 18. The highest BCUT2D eigenvalue weighted by Crippen LogP contribution is 2.14. The highest BCUT2D eigenvalue weighted by atomic mass is 16.6. The Morgan fingerprint density at radius 3 is 1.81 bits per heavy atom. The lowest BCUT2D eigenvalue weighted by Gasteiger charge is -2.26. The van der Waals surface area contributed by atoms with Crippen LogP contribution in [0, 0.1) is 0 Å². The van der Waals surface area contributed by atoms with Crippen LogP contribution in [0.25, 0.3) is 6.08 Å². The first kappa shape index (κ1) is 53.6. The summed E-state index contributed by atoms with van der Waals surface area (Å²) in [5.74, 6) is -1.64. The molecule has 0 unspecified atom stereocenters. The fourth-order valence-corrected chi connectivity index (χ4v) is 4.03. The van der Waals surface area contributed by atoms with Gasteiger partial charge in [-0.3, -0.25) is 14.4 Å². The Kier molecular flexibility index (Phi) is 32.1. The topological polar surface area (TPSA) is 192 Å². The molecule has 306 valence electrons. The second-order valence-electron chi connectivity index (χ2n) is 14.1. The monoisotopic (exact) mass is 750 g/mol. The number of urea groups is 1. The summed E-state index contributed by atoms with van der Waals surface area (Å²) in [6.07, 6.45) is 8.35. The molecule has 1 aromatic rings. The molecule has 0 saturated carbocycles. The van der Waals surface area contributed by atoms with Crippen molar-refractivity contribution in [1.29, 1.82) is 0 Å². The largest absolute Gasteiger partial charge is 0.460 e. The molecular weight excluding hydrogens is 674 g/mol. The van der Waals surface area contributed by atoms with Crippen molar-refractivity contribution in [3.63, 3.8) is 0 Å². The highest BCUT2D eigenvalue weighted by Gasteiger charge is 2.29. The molecule has 1 aromatic carbocycles. The van der Waals surface area contributed by atoms with Crippen molar-refractivity contribution >= 4 is 35.7 Å². The van der Waals surface area contributed by atoms with E-state index in [1.165, 1.54) is 12.8 Å². The van der Waals surface area contributed by atoms with Crippen molar-refractivity contribution in [3.8, 4) is 0 Å². The van der Waals surface area contributed by atoms with E-state index in [0.717, 1.165) is 12.1 Å². The number of nitrogens with one attached hydrogen (secondary N) is 3. The Morgan fingerprint density at radius 1 is 0.792 bits per heavy atom. The number of carbonyl (C=O) groups is 5. The van der Waals surface area contributed by atoms with Crippen molar-refractivity contribution in [1.82, 2.24) is 16.0 Å². The van der Waals surface area contributed by atoms with Gasteiger partial charge in [0.05, 0.1) is 12.1 Å². The Labute approximate surface area is 321 Å².